The lowest BCUT2D eigenvalue weighted by Gasteiger charge is -2.13. The molecule has 0 aliphatic rings. The van der Waals surface area contributed by atoms with Crippen molar-refractivity contribution in [3.05, 3.63) is 0 Å². The van der Waals surface area contributed by atoms with Crippen molar-refractivity contribution in [3.8, 4) is 0 Å². The van der Waals surface area contributed by atoms with Gasteiger partial charge in [0.15, 0.2) is 0 Å². The van der Waals surface area contributed by atoms with Gasteiger partial charge in [-0.3, -0.25) is 4.79 Å². The second-order valence-corrected chi connectivity index (χ2v) is 5.13. The summed E-state index contributed by atoms with van der Waals surface area (Å²) < 4.78 is 23.6. The maximum absolute atomic E-state index is 10.7. The lowest BCUT2D eigenvalue weighted by atomic mass is 10.2. The first-order chi connectivity index (χ1) is 6.87. The van der Waals surface area contributed by atoms with Crippen LogP contribution in [-0.2, 0) is 14.8 Å². The second kappa shape index (κ2) is 6.76. The Kier molecular flexibility index (Phi) is 6.46. The Hall–Kier alpha value is -0.660. The number of rotatable bonds is 8. The van der Waals surface area contributed by atoms with E-state index in [2.05, 4.69) is 10.0 Å². The van der Waals surface area contributed by atoms with Crippen LogP contribution >= 0.6 is 0 Å². The van der Waals surface area contributed by atoms with E-state index in [0.29, 0.717) is 13.0 Å². The van der Waals surface area contributed by atoms with Crippen LogP contribution in [0.15, 0.2) is 0 Å². The minimum atomic E-state index is -3.19. The van der Waals surface area contributed by atoms with Gasteiger partial charge in [-0.15, -0.1) is 0 Å². The van der Waals surface area contributed by atoms with E-state index in [4.69, 9.17) is 5.11 Å². The topological polar surface area (TPSA) is 95.5 Å². The molecule has 0 rings (SSSR count). The second-order valence-electron chi connectivity index (χ2n) is 3.30. The van der Waals surface area contributed by atoms with Crippen LogP contribution in [0.3, 0.4) is 0 Å². The van der Waals surface area contributed by atoms with E-state index in [-0.39, 0.29) is 6.54 Å². The lowest BCUT2D eigenvalue weighted by molar-refractivity contribution is -0.139. The van der Waals surface area contributed by atoms with Crippen LogP contribution in [0.5, 0.6) is 0 Å². The predicted octanol–water partition coefficient (Wildman–Crippen LogP) is -0.621. The quantitative estimate of drug-likeness (QED) is 0.490. The molecule has 0 aromatic carbocycles. The fourth-order valence-electron chi connectivity index (χ4n) is 1.08. The molecule has 6 nitrogen and oxygen atoms in total. The average molecular weight is 238 g/mol. The first-order valence-corrected chi connectivity index (χ1v) is 6.66. The summed E-state index contributed by atoms with van der Waals surface area (Å²) in [5.74, 6) is -0.906. The summed E-state index contributed by atoms with van der Waals surface area (Å²) >= 11 is 0. The molecule has 0 fully saturated rings. The molecular weight excluding hydrogens is 220 g/mol. The van der Waals surface area contributed by atoms with Gasteiger partial charge >= 0.3 is 5.97 Å². The van der Waals surface area contributed by atoms with E-state index in [1.54, 1.807) is 0 Å². The Bertz CT molecular complexity index is 289. The molecule has 0 aromatic heterocycles. The van der Waals surface area contributed by atoms with Gasteiger partial charge in [0.1, 0.15) is 6.04 Å². The molecular formula is C8H18N2O4S. The van der Waals surface area contributed by atoms with Gasteiger partial charge in [-0.05, 0) is 6.42 Å². The molecule has 0 saturated carbocycles. The van der Waals surface area contributed by atoms with Crippen molar-refractivity contribution >= 4 is 16.0 Å². The first kappa shape index (κ1) is 14.3. The third kappa shape index (κ3) is 8.34. The van der Waals surface area contributed by atoms with Crippen LogP contribution in [0, 0.1) is 0 Å². The summed E-state index contributed by atoms with van der Waals surface area (Å²) in [6, 6.07) is -0.601. The summed E-state index contributed by atoms with van der Waals surface area (Å²) in [6.45, 7) is 2.41. The Morgan fingerprint density at radius 1 is 1.40 bits per heavy atom. The summed E-state index contributed by atoms with van der Waals surface area (Å²) in [7, 11) is -3.19. The van der Waals surface area contributed by atoms with Gasteiger partial charge in [0.2, 0.25) is 10.0 Å². The number of hydrogen-bond donors (Lipinski definition) is 3. The minimum absolute atomic E-state index is 0.201. The summed E-state index contributed by atoms with van der Waals surface area (Å²) in [5.41, 5.74) is 0. The summed E-state index contributed by atoms with van der Waals surface area (Å²) in [5, 5.41) is 11.5. The molecule has 90 valence electrons. The Morgan fingerprint density at radius 2 is 2.00 bits per heavy atom. The van der Waals surface area contributed by atoms with Crippen molar-refractivity contribution in [1.29, 1.82) is 0 Å². The van der Waals surface area contributed by atoms with Crippen molar-refractivity contribution in [1.82, 2.24) is 10.0 Å². The molecule has 0 radical (unpaired) electrons. The van der Waals surface area contributed by atoms with Crippen LogP contribution in [0.2, 0.25) is 0 Å². The highest BCUT2D eigenvalue weighted by Gasteiger charge is 2.14. The van der Waals surface area contributed by atoms with Gasteiger partial charge in [-0.1, -0.05) is 13.3 Å². The van der Waals surface area contributed by atoms with Crippen molar-refractivity contribution in [2.75, 3.05) is 19.3 Å². The predicted molar refractivity (Wildman–Crippen MR) is 57.2 cm³/mol. The van der Waals surface area contributed by atoms with E-state index >= 15 is 0 Å². The number of aliphatic carboxylic acids is 1. The molecule has 0 amide bonds. The molecule has 0 saturated heterocycles. The minimum Gasteiger partial charge on any atom is -0.480 e. The molecule has 0 aliphatic carbocycles. The van der Waals surface area contributed by atoms with Crippen LogP contribution in [0.25, 0.3) is 0 Å². The van der Waals surface area contributed by atoms with Crippen LogP contribution in [0.4, 0.5) is 0 Å². The maximum Gasteiger partial charge on any atom is 0.320 e. The van der Waals surface area contributed by atoms with Gasteiger partial charge in [-0.25, -0.2) is 13.1 Å². The third-order valence-electron chi connectivity index (χ3n) is 1.76. The van der Waals surface area contributed by atoms with Crippen molar-refractivity contribution in [2.45, 2.75) is 25.8 Å². The zero-order chi connectivity index (χ0) is 11.9. The molecule has 1 unspecified atom stereocenters. The Labute approximate surface area is 90.1 Å². The maximum atomic E-state index is 10.7. The Balaban J connectivity index is 3.77. The third-order valence-corrected chi connectivity index (χ3v) is 2.48. The SMILES string of the molecule is CCCC(NCCNS(C)(=O)=O)C(=O)O. The van der Waals surface area contributed by atoms with Gasteiger partial charge in [0.25, 0.3) is 0 Å². The van der Waals surface area contributed by atoms with Crippen LogP contribution < -0.4 is 10.0 Å². The molecule has 3 N–H and O–H groups in total. The fourth-order valence-corrected chi connectivity index (χ4v) is 1.56. The number of carbonyl (C=O) groups is 1. The lowest BCUT2D eigenvalue weighted by Crippen LogP contribution is -2.41. The number of carboxylic acids is 1. The smallest absolute Gasteiger partial charge is 0.320 e. The number of hydrogen-bond acceptors (Lipinski definition) is 4. The number of carboxylic acid groups (broad SMARTS) is 1. The van der Waals surface area contributed by atoms with E-state index in [1.165, 1.54) is 0 Å². The zero-order valence-electron chi connectivity index (χ0n) is 8.99. The van der Waals surface area contributed by atoms with E-state index in [1.807, 2.05) is 6.92 Å². The molecule has 0 bridgehead atoms. The highest BCUT2D eigenvalue weighted by Crippen LogP contribution is 1.95. The number of sulfonamides is 1. The summed E-state index contributed by atoms with van der Waals surface area (Å²) in [6.07, 6.45) is 2.37. The average Bonchev–Trinajstić information content (AvgIpc) is 2.08. The van der Waals surface area contributed by atoms with Gasteiger partial charge < -0.3 is 10.4 Å². The standard InChI is InChI=1S/C8H18N2O4S/c1-3-4-7(8(11)12)9-5-6-10-15(2,13)14/h7,9-10H,3-6H2,1-2H3,(H,11,12). The largest absolute Gasteiger partial charge is 0.480 e. The van der Waals surface area contributed by atoms with Crippen LogP contribution in [-0.4, -0.2) is 44.9 Å². The highest BCUT2D eigenvalue weighted by atomic mass is 32.2. The molecule has 0 aromatic rings. The fraction of sp³-hybridized carbons (Fsp3) is 0.875. The molecule has 0 aliphatic heterocycles. The zero-order valence-corrected chi connectivity index (χ0v) is 9.80. The van der Waals surface area contributed by atoms with Crippen molar-refractivity contribution in [3.63, 3.8) is 0 Å². The van der Waals surface area contributed by atoms with Gasteiger partial charge in [0.05, 0.1) is 6.26 Å². The molecule has 15 heavy (non-hydrogen) atoms. The van der Waals surface area contributed by atoms with Crippen molar-refractivity contribution < 1.29 is 18.3 Å². The number of nitrogens with one attached hydrogen (secondary N) is 2. The summed E-state index contributed by atoms with van der Waals surface area (Å²) in [4.78, 5) is 10.7. The van der Waals surface area contributed by atoms with E-state index in [0.717, 1.165) is 12.7 Å². The highest BCUT2D eigenvalue weighted by molar-refractivity contribution is 7.88. The van der Waals surface area contributed by atoms with Crippen molar-refractivity contribution in [2.24, 2.45) is 0 Å². The van der Waals surface area contributed by atoms with Crippen LogP contribution in [0.1, 0.15) is 19.8 Å². The Morgan fingerprint density at radius 3 is 2.40 bits per heavy atom. The molecule has 7 heteroatoms. The van der Waals surface area contributed by atoms with E-state index < -0.39 is 22.0 Å². The first-order valence-electron chi connectivity index (χ1n) is 4.77. The monoisotopic (exact) mass is 238 g/mol. The van der Waals surface area contributed by atoms with Gasteiger partial charge in [0, 0.05) is 13.1 Å². The van der Waals surface area contributed by atoms with E-state index in [9.17, 15) is 13.2 Å². The molecule has 1 atom stereocenters. The van der Waals surface area contributed by atoms with Gasteiger partial charge in [-0.2, -0.15) is 0 Å². The molecule has 0 spiro atoms. The normalized spacial score (nSPS) is 13.7. The molecule has 0 heterocycles.